The zero-order chi connectivity index (χ0) is 17.4. The van der Waals surface area contributed by atoms with Crippen molar-refractivity contribution in [2.75, 3.05) is 0 Å². The van der Waals surface area contributed by atoms with Gasteiger partial charge < -0.3 is 5.11 Å². The molecule has 5 nitrogen and oxygen atoms in total. The van der Waals surface area contributed by atoms with Crippen molar-refractivity contribution in [2.24, 2.45) is 5.10 Å². The van der Waals surface area contributed by atoms with Gasteiger partial charge in [-0.25, -0.2) is 5.43 Å². The zero-order valence-electron chi connectivity index (χ0n) is 13.8. The SMILES string of the molecule is CCCCCCCC(=O)N/N=C\c1cc(Cl)c(O)c2ncccc12. The minimum Gasteiger partial charge on any atom is -0.504 e. The summed E-state index contributed by atoms with van der Waals surface area (Å²) in [5.74, 6) is -0.157. The van der Waals surface area contributed by atoms with Gasteiger partial charge in [0.15, 0.2) is 5.75 Å². The maximum Gasteiger partial charge on any atom is 0.240 e. The van der Waals surface area contributed by atoms with Crippen molar-refractivity contribution in [1.82, 2.24) is 10.4 Å². The molecule has 1 aromatic carbocycles. The summed E-state index contributed by atoms with van der Waals surface area (Å²) in [5.41, 5.74) is 3.62. The molecule has 0 bridgehead atoms. The van der Waals surface area contributed by atoms with Crippen LogP contribution in [0.5, 0.6) is 5.75 Å². The summed E-state index contributed by atoms with van der Waals surface area (Å²) in [7, 11) is 0. The number of fused-ring (bicyclic) bond motifs is 1. The van der Waals surface area contributed by atoms with Crippen LogP contribution in [0.15, 0.2) is 29.5 Å². The van der Waals surface area contributed by atoms with E-state index in [9.17, 15) is 9.90 Å². The minimum atomic E-state index is -0.102. The molecular weight excluding hydrogens is 326 g/mol. The van der Waals surface area contributed by atoms with Crippen molar-refractivity contribution >= 4 is 34.6 Å². The highest BCUT2D eigenvalue weighted by Crippen LogP contribution is 2.32. The van der Waals surface area contributed by atoms with Crippen LogP contribution in [0.3, 0.4) is 0 Å². The summed E-state index contributed by atoms with van der Waals surface area (Å²) in [6, 6.07) is 5.18. The molecule has 0 aliphatic heterocycles. The number of carbonyl (C=O) groups is 1. The van der Waals surface area contributed by atoms with E-state index in [-0.39, 0.29) is 16.7 Å². The number of pyridine rings is 1. The summed E-state index contributed by atoms with van der Waals surface area (Å²) in [6.45, 7) is 2.16. The van der Waals surface area contributed by atoms with Gasteiger partial charge in [0, 0.05) is 23.6 Å². The number of aromatic nitrogens is 1. The number of phenols is 1. The molecule has 0 aliphatic carbocycles. The van der Waals surface area contributed by atoms with Gasteiger partial charge in [0.25, 0.3) is 0 Å². The van der Waals surface area contributed by atoms with Gasteiger partial charge in [-0.2, -0.15) is 5.10 Å². The van der Waals surface area contributed by atoms with Crippen LogP contribution in [-0.4, -0.2) is 22.2 Å². The highest BCUT2D eigenvalue weighted by atomic mass is 35.5. The summed E-state index contributed by atoms with van der Waals surface area (Å²) >= 11 is 6.01. The number of phenolic OH excluding ortho intramolecular Hbond substituents is 1. The van der Waals surface area contributed by atoms with E-state index in [1.807, 2.05) is 6.07 Å². The van der Waals surface area contributed by atoms with E-state index >= 15 is 0 Å². The fourth-order valence-electron chi connectivity index (χ4n) is 2.45. The molecule has 1 aromatic heterocycles. The number of hydrogen-bond acceptors (Lipinski definition) is 4. The van der Waals surface area contributed by atoms with Gasteiger partial charge in [-0.3, -0.25) is 9.78 Å². The number of unbranched alkanes of at least 4 members (excludes halogenated alkanes) is 4. The number of rotatable bonds is 8. The standard InChI is InChI=1S/C18H22ClN3O2/c1-2-3-4-5-6-9-16(23)22-21-12-13-11-15(19)18(24)17-14(13)8-7-10-20-17/h7-8,10-12,24H,2-6,9H2,1H3,(H,22,23)/b21-12-. The lowest BCUT2D eigenvalue weighted by Crippen LogP contribution is -2.16. The van der Waals surface area contributed by atoms with Crippen molar-refractivity contribution in [1.29, 1.82) is 0 Å². The molecule has 2 aromatic rings. The Morgan fingerprint density at radius 3 is 2.96 bits per heavy atom. The Morgan fingerprint density at radius 1 is 1.38 bits per heavy atom. The number of carbonyl (C=O) groups excluding carboxylic acids is 1. The molecule has 0 unspecified atom stereocenters. The van der Waals surface area contributed by atoms with E-state index < -0.39 is 0 Å². The number of amides is 1. The first kappa shape index (κ1) is 18.2. The molecule has 2 N–H and O–H groups in total. The third-order valence-electron chi connectivity index (χ3n) is 3.75. The van der Waals surface area contributed by atoms with Crippen LogP contribution < -0.4 is 5.43 Å². The summed E-state index contributed by atoms with van der Waals surface area (Å²) < 4.78 is 0. The van der Waals surface area contributed by atoms with E-state index in [2.05, 4.69) is 22.4 Å². The third kappa shape index (κ3) is 4.93. The monoisotopic (exact) mass is 347 g/mol. The van der Waals surface area contributed by atoms with Gasteiger partial charge in [-0.05, 0) is 18.6 Å². The molecule has 0 aliphatic rings. The third-order valence-corrected chi connectivity index (χ3v) is 4.04. The minimum absolute atomic E-state index is 0.0551. The van der Waals surface area contributed by atoms with Crippen LogP contribution >= 0.6 is 11.6 Å². The predicted molar refractivity (Wildman–Crippen MR) is 97.5 cm³/mol. The molecule has 6 heteroatoms. The normalized spacial score (nSPS) is 11.2. The molecular formula is C18H22ClN3O2. The lowest BCUT2D eigenvalue weighted by Gasteiger charge is -2.05. The lowest BCUT2D eigenvalue weighted by molar-refractivity contribution is -0.121. The van der Waals surface area contributed by atoms with Crippen LogP contribution in [0.2, 0.25) is 5.02 Å². The average molecular weight is 348 g/mol. The molecule has 0 spiro atoms. The highest BCUT2D eigenvalue weighted by molar-refractivity contribution is 6.33. The summed E-state index contributed by atoms with van der Waals surface area (Å²) in [6.07, 6.45) is 9.08. The second kappa shape index (κ2) is 9.23. The van der Waals surface area contributed by atoms with Gasteiger partial charge in [-0.15, -0.1) is 0 Å². The number of benzene rings is 1. The van der Waals surface area contributed by atoms with E-state index in [1.165, 1.54) is 19.1 Å². The van der Waals surface area contributed by atoms with Gasteiger partial charge in [0.05, 0.1) is 11.2 Å². The van der Waals surface area contributed by atoms with E-state index in [4.69, 9.17) is 11.6 Å². The second-order valence-electron chi connectivity index (χ2n) is 5.65. The van der Waals surface area contributed by atoms with Crippen molar-refractivity contribution in [3.8, 4) is 5.75 Å². The van der Waals surface area contributed by atoms with Crippen LogP contribution in [0.4, 0.5) is 0 Å². The topological polar surface area (TPSA) is 74.6 Å². The molecule has 128 valence electrons. The Balaban J connectivity index is 1.96. The molecule has 0 radical (unpaired) electrons. The maximum atomic E-state index is 11.7. The highest BCUT2D eigenvalue weighted by Gasteiger charge is 2.09. The Morgan fingerprint density at radius 2 is 2.17 bits per heavy atom. The predicted octanol–water partition coefficient (Wildman–Crippen LogP) is 4.40. The van der Waals surface area contributed by atoms with Crippen molar-refractivity contribution < 1.29 is 9.90 Å². The first-order chi connectivity index (χ1) is 11.6. The van der Waals surface area contributed by atoms with Gasteiger partial charge >= 0.3 is 0 Å². The smallest absolute Gasteiger partial charge is 0.240 e. The fourth-order valence-corrected chi connectivity index (χ4v) is 2.66. The number of hydrazone groups is 1. The largest absolute Gasteiger partial charge is 0.504 e. The van der Waals surface area contributed by atoms with Crippen LogP contribution in [0, 0.1) is 0 Å². The van der Waals surface area contributed by atoms with Gasteiger partial charge in [0.2, 0.25) is 5.91 Å². The Bertz CT molecular complexity index is 732. The molecule has 24 heavy (non-hydrogen) atoms. The molecule has 0 saturated carbocycles. The summed E-state index contributed by atoms with van der Waals surface area (Å²) in [4.78, 5) is 15.9. The van der Waals surface area contributed by atoms with Crippen molar-refractivity contribution in [3.05, 3.63) is 35.0 Å². The number of nitrogens with zero attached hydrogens (tertiary/aromatic N) is 2. The Kier molecular flexibility index (Phi) is 7.00. The van der Waals surface area contributed by atoms with E-state index in [0.717, 1.165) is 24.6 Å². The number of hydrogen-bond donors (Lipinski definition) is 2. The van der Waals surface area contributed by atoms with Crippen LogP contribution in [0.25, 0.3) is 10.9 Å². The van der Waals surface area contributed by atoms with Crippen molar-refractivity contribution in [2.45, 2.75) is 45.4 Å². The van der Waals surface area contributed by atoms with Gasteiger partial charge in [0.1, 0.15) is 5.52 Å². The zero-order valence-corrected chi connectivity index (χ0v) is 14.5. The van der Waals surface area contributed by atoms with Crippen LogP contribution in [-0.2, 0) is 4.79 Å². The summed E-state index contributed by atoms with van der Waals surface area (Å²) in [5, 5.41) is 14.8. The molecule has 1 heterocycles. The van der Waals surface area contributed by atoms with E-state index in [0.29, 0.717) is 17.5 Å². The second-order valence-corrected chi connectivity index (χ2v) is 6.06. The lowest BCUT2D eigenvalue weighted by atomic mass is 10.1. The average Bonchev–Trinajstić information content (AvgIpc) is 2.59. The first-order valence-corrected chi connectivity index (χ1v) is 8.59. The van der Waals surface area contributed by atoms with E-state index in [1.54, 1.807) is 18.3 Å². The molecule has 0 saturated heterocycles. The number of nitrogens with one attached hydrogen (secondary N) is 1. The molecule has 0 fully saturated rings. The number of halogens is 1. The van der Waals surface area contributed by atoms with Crippen molar-refractivity contribution in [3.63, 3.8) is 0 Å². The van der Waals surface area contributed by atoms with Gasteiger partial charge in [-0.1, -0.05) is 50.3 Å². The molecule has 0 atom stereocenters. The molecule has 1 amide bonds. The fraction of sp³-hybridized carbons (Fsp3) is 0.389. The first-order valence-electron chi connectivity index (χ1n) is 8.21. The Hall–Kier alpha value is -2.14. The Labute approximate surface area is 146 Å². The maximum absolute atomic E-state index is 11.7. The van der Waals surface area contributed by atoms with Crippen LogP contribution in [0.1, 0.15) is 51.0 Å². The number of aromatic hydroxyl groups is 1. The quantitative estimate of drug-likeness (QED) is 0.422. The molecule has 2 rings (SSSR count).